The number of rotatable bonds is 6. The fourth-order valence-corrected chi connectivity index (χ4v) is 2.70. The number of nitrogens with zero attached hydrogens (tertiary/aromatic N) is 4. The molecule has 5 nitrogen and oxygen atoms in total. The Morgan fingerprint density at radius 3 is 2.80 bits per heavy atom. The lowest BCUT2D eigenvalue weighted by molar-refractivity contribution is 0.240. The number of imidazole rings is 1. The first-order valence-corrected chi connectivity index (χ1v) is 8.40. The molecular formula is C19H24FN5. The second kappa shape index (κ2) is 7.19. The normalized spacial score (nSPS) is 13.1. The quantitative estimate of drug-likeness (QED) is 0.747. The van der Waals surface area contributed by atoms with Crippen LogP contribution in [0.2, 0.25) is 0 Å². The Labute approximate surface area is 147 Å². The van der Waals surface area contributed by atoms with Gasteiger partial charge in [-0.2, -0.15) is 5.10 Å². The Hall–Kier alpha value is -2.47. The summed E-state index contributed by atoms with van der Waals surface area (Å²) in [6.07, 6.45) is 9.35. The monoisotopic (exact) mass is 341 g/mol. The zero-order valence-electron chi connectivity index (χ0n) is 14.9. The predicted octanol–water partition coefficient (Wildman–Crippen LogP) is 3.41. The standard InChI is InChI=1S/C19H24FN5/c1-19(2,3)18(13-24-8-7-21-14-24)22-10-15-11-23-25(12-15)17-6-4-5-16(20)9-17/h4-9,11-12,14,18,22H,10,13H2,1-3H3. The molecule has 0 amide bonds. The molecule has 0 fully saturated rings. The molecule has 3 rings (SSSR count). The van der Waals surface area contributed by atoms with Crippen molar-refractivity contribution in [2.75, 3.05) is 0 Å². The maximum Gasteiger partial charge on any atom is 0.125 e. The summed E-state index contributed by atoms with van der Waals surface area (Å²) in [6, 6.07) is 6.70. The van der Waals surface area contributed by atoms with E-state index in [4.69, 9.17) is 0 Å². The van der Waals surface area contributed by atoms with E-state index >= 15 is 0 Å². The van der Waals surface area contributed by atoms with Crippen LogP contribution in [-0.2, 0) is 13.1 Å². The van der Waals surface area contributed by atoms with Crippen LogP contribution in [0.25, 0.3) is 5.69 Å². The molecule has 1 atom stereocenters. The van der Waals surface area contributed by atoms with Gasteiger partial charge in [-0.1, -0.05) is 26.8 Å². The third kappa shape index (κ3) is 4.54. The lowest BCUT2D eigenvalue weighted by Crippen LogP contribution is -2.42. The maximum atomic E-state index is 13.4. The van der Waals surface area contributed by atoms with Crippen LogP contribution in [0.5, 0.6) is 0 Å². The van der Waals surface area contributed by atoms with Crippen molar-refractivity contribution in [2.24, 2.45) is 5.41 Å². The highest BCUT2D eigenvalue weighted by molar-refractivity contribution is 5.31. The minimum Gasteiger partial charge on any atom is -0.336 e. The van der Waals surface area contributed by atoms with Crippen LogP contribution < -0.4 is 5.32 Å². The molecule has 0 saturated carbocycles. The van der Waals surface area contributed by atoms with E-state index in [9.17, 15) is 4.39 Å². The van der Waals surface area contributed by atoms with Gasteiger partial charge in [0, 0.05) is 43.3 Å². The van der Waals surface area contributed by atoms with Gasteiger partial charge in [0.1, 0.15) is 5.82 Å². The average molecular weight is 341 g/mol. The van der Waals surface area contributed by atoms with E-state index in [1.54, 1.807) is 16.9 Å². The van der Waals surface area contributed by atoms with Crippen molar-refractivity contribution in [1.29, 1.82) is 0 Å². The molecule has 1 aromatic carbocycles. The van der Waals surface area contributed by atoms with Crippen molar-refractivity contribution in [3.8, 4) is 5.69 Å². The Balaban J connectivity index is 1.67. The van der Waals surface area contributed by atoms with Gasteiger partial charge in [0.2, 0.25) is 0 Å². The van der Waals surface area contributed by atoms with E-state index in [1.165, 1.54) is 12.1 Å². The van der Waals surface area contributed by atoms with E-state index in [0.717, 1.165) is 17.8 Å². The van der Waals surface area contributed by atoms with Crippen molar-refractivity contribution >= 4 is 0 Å². The Morgan fingerprint density at radius 1 is 1.28 bits per heavy atom. The molecule has 2 aromatic heterocycles. The van der Waals surface area contributed by atoms with Crippen LogP contribution in [0.3, 0.4) is 0 Å². The molecule has 0 saturated heterocycles. The highest BCUT2D eigenvalue weighted by Gasteiger charge is 2.24. The zero-order valence-corrected chi connectivity index (χ0v) is 14.9. The third-order valence-electron chi connectivity index (χ3n) is 4.26. The summed E-state index contributed by atoms with van der Waals surface area (Å²) >= 11 is 0. The molecule has 2 heterocycles. The summed E-state index contributed by atoms with van der Waals surface area (Å²) in [5.41, 5.74) is 1.88. The van der Waals surface area contributed by atoms with Gasteiger partial charge < -0.3 is 9.88 Å². The Morgan fingerprint density at radius 2 is 2.12 bits per heavy atom. The molecule has 1 unspecified atom stereocenters. The molecular weight excluding hydrogens is 317 g/mol. The average Bonchev–Trinajstić information content (AvgIpc) is 3.22. The molecule has 0 aliphatic heterocycles. The first-order valence-electron chi connectivity index (χ1n) is 8.40. The van der Waals surface area contributed by atoms with Gasteiger partial charge in [0.05, 0.1) is 18.2 Å². The minimum absolute atomic E-state index is 0.100. The summed E-state index contributed by atoms with van der Waals surface area (Å²) in [7, 11) is 0. The molecule has 1 N–H and O–H groups in total. The van der Waals surface area contributed by atoms with Gasteiger partial charge in [-0.15, -0.1) is 0 Å². The Bertz CT molecular complexity index is 801. The van der Waals surface area contributed by atoms with E-state index < -0.39 is 0 Å². The molecule has 6 heteroatoms. The number of halogens is 1. The predicted molar refractivity (Wildman–Crippen MR) is 95.8 cm³/mol. The van der Waals surface area contributed by atoms with E-state index in [2.05, 4.69) is 40.7 Å². The first-order chi connectivity index (χ1) is 11.9. The molecule has 0 aliphatic rings. The SMILES string of the molecule is CC(C)(C)C(Cn1ccnc1)NCc1cnn(-c2cccc(F)c2)c1. The van der Waals surface area contributed by atoms with E-state index in [1.807, 2.05) is 31.0 Å². The summed E-state index contributed by atoms with van der Waals surface area (Å²) in [4.78, 5) is 4.11. The molecule has 0 spiro atoms. The van der Waals surface area contributed by atoms with Crippen LogP contribution in [0.15, 0.2) is 55.4 Å². The van der Waals surface area contributed by atoms with Crippen LogP contribution in [0, 0.1) is 11.2 Å². The molecule has 0 bridgehead atoms. The highest BCUT2D eigenvalue weighted by Crippen LogP contribution is 2.21. The van der Waals surface area contributed by atoms with Crippen molar-refractivity contribution in [2.45, 2.75) is 39.9 Å². The molecule has 3 aromatic rings. The fraction of sp³-hybridized carbons (Fsp3) is 0.368. The van der Waals surface area contributed by atoms with Gasteiger partial charge in [0.25, 0.3) is 0 Å². The molecule has 132 valence electrons. The van der Waals surface area contributed by atoms with Crippen LogP contribution in [0.4, 0.5) is 4.39 Å². The number of hydrogen-bond acceptors (Lipinski definition) is 3. The second-order valence-electron chi connectivity index (χ2n) is 7.33. The topological polar surface area (TPSA) is 47.7 Å². The van der Waals surface area contributed by atoms with Gasteiger partial charge >= 0.3 is 0 Å². The van der Waals surface area contributed by atoms with E-state index in [0.29, 0.717) is 6.54 Å². The van der Waals surface area contributed by atoms with Crippen molar-refractivity contribution in [3.63, 3.8) is 0 Å². The van der Waals surface area contributed by atoms with Crippen molar-refractivity contribution < 1.29 is 4.39 Å². The number of aromatic nitrogens is 4. The number of benzene rings is 1. The van der Waals surface area contributed by atoms with Crippen molar-refractivity contribution in [3.05, 3.63) is 66.8 Å². The van der Waals surface area contributed by atoms with Crippen LogP contribution in [-0.4, -0.2) is 25.4 Å². The van der Waals surface area contributed by atoms with Gasteiger partial charge in [0.15, 0.2) is 0 Å². The van der Waals surface area contributed by atoms with Gasteiger partial charge in [-0.25, -0.2) is 14.1 Å². The molecule has 0 radical (unpaired) electrons. The summed E-state index contributed by atoms with van der Waals surface area (Å²) in [5, 5.41) is 7.95. The Kier molecular flexibility index (Phi) is 4.99. The highest BCUT2D eigenvalue weighted by atomic mass is 19.1. The first kappa shape index (κ1) is 17.4. The number of nitrogens with one attached hydrogen (secondary N) is 1. The third-order valence-corrected chi connectivity index (χ3v) is 4.26. The van der Waals surface area contributed by atoms with Crippen LogP contribution in [0.1, 0.15) is 26.3 Å². The zero-order chi connectivity index (χ0) is 17.9. The minimum atomic E-state index is -0.263. The summed E-state index contributed by atoms with van der Waals surface area (Å²) < 4.78 is 17.1. The summed E-state index contributed by atoms with van der Waals surface area (Å²) in [6.45, 7) is 8.21. The van der Waals surface area contributed by atoms with Crippen molar-refractivity contribution in [1.82, 2.24) is 24.6 Å². The lowest BCUT2D eigenvalue weighted by Gasteiger charge is -2.32. The molecule has 25 heavy (non-hydrogen) atoms. The van der Waals surface area contributed by atoms with Crippen LogP contribution >= 0.6 is 0 Å². The molecule has 0 aliphatic carbocycles. The lowest BCUT2D eigenvalue weighted by atomic mass is 9.86. The fourth-order valence-electron chi connectivity index (χ4n) is 2.70. The van der Waals surface area contributed by atoms with Gasteiger partial charge in [-0.05, 0) is 23.6 Å². The van der Waals surface area contributed by atoms with E-state index in [-0.39, 0.29) is 17.3 Å². The maximum absolute atomic E-state index is 13.4. The number of hydrogen-bond donors (Lipinski definition) is 1. The largest absolute Gasteiger partial charge is 0.336 e. The summed E-state index contributed by atoms with van der Waals surface area (Å²) in [5.74, 6) is -0.263. The smallest absolute Gasteiger partial charge is 0.125 e. The second-order valence-corrected chi connectivity index (χ2v) is 7.33. The van der Waals surface area contributed by atoms with Gasteiger partial charge in [-0.3, -0.25) is 0 Å².